The van der Waals surface area contributed by atoms with Crippen molar-refractivity contribution in [2.45, 2.75) is 39.2 Å². The standard InChI is InChI=1S/C32H35NO6/c1-6-39-27-16-13-22(19-25(27)20(2)3)30(34)28-29(24-9-7-8-10-26(24)38-5)33(32(36)31(28)35)18-17-21-11-14-23(37-4)15-12-21/h7-16,19-20,29,34H,6,17-18H2,1-5H3/b30-28+. The number of benzene rings is 3. The molecule has 1 aliphatic heterocycles. The van der Waals surface area contributed by atoms with Crippen molar-refractivity contribution < 1.29 is 28.9 Å². The van der Waals surface area contributed by atoms with E-state index in [1.165, 1.54) is 4.90 Å². The van der Waals surface area contributed by atoms with E-state index in [0.29, 0.717) is 29.9 Å². The van der Waals surface area contributed by atoms with Gasteiger partial charge < -0.3 is 24.2 Å². The van der Waals surface area contributed by atoms with Crippen molar-refractivity contribution in [3.8, 4) is 17.2 Å². The third kappa shape index (κ3) is 5.62. The molecule has 3 aromatic carbocycles. The van der Waals surface area contributed by atoms with Gasteiger partial charge in [-0.25, -0.2) is 0 Å². The molecule has 3 aromatic rings. The molecule has 1 fully saturated rings. The largest absolute Gasteiger partial charge is 0.507 e. The summed E-state index contributed by atoms with van der Waals surface area (Å²) in [6.07, 6.45) is 0.517. The number of nitrogens with zero attached hydrogens (tertiary/aromatic N) is 1. The van der Waals surface area contributed by atoms with Crippen molar-refractivity contribution in [3.63, 3.8) is 0 Å². The first kappa shape index (κ1) is 27.8. The smallest absolute Gasteiger partial charge is 0.295 e. The molecule has 7 nitrogen and oxygen atoms in total. The fourth-order valence-corrected chi connectivity index (χ4v) is 4.96. The lowest BCUT2D eigenvalue weighted by atomic mass is 9.92. The number of rotatable bonds is 10. The molecule has 1 aliphatic rings. The molecule has 0 bridgehead atoms. The first-order chi connectivity index (χ1) is 18.8. The third-order valence-electron chi connectivity index (χ3n) is 6.98. The van der Waals surface area contributed by atoms with Crippen LogP contribution >= 0.6 is 0 Å². The quantitative estimate of drug-likeness (QED) is 0.200. The Hall–Kier alpha value is -4.26. The lowest BCUT2D eigenvalue weighted by Gasteiger charge is -2.26. The summed E-state index contributed by atoms with van der Waals surface area (Å²) < 4.78 is 16.6. The van der Waals surface area contributed by atoms with Gasteiger partial charge >= 0.3 is 0 Å². The first-order valence-corrected chi connectivity index (χ1v) is 13.1. The maximum atomic E-state index is 13.5. The van der Waals surface area contributed by atoms with E-state index < -0.39 is 17.7 Å². The van der Waals surface area contributed by atoms with E-state index in [-0.39, 0.29) is 23.8 Å². The molecule has 1 amide bonds. The molecule has 1 saturated heterocycles. The van der Waals surface area contributed by atoms with Gasteiger partial charge in [-0.05, 0) is 66.8 Å². The number of carbonyl (C=O) groups is 2. The highest BCUT2D eigenvalue weighted by Gasteiger charge is 2.46. The van der Waals surface area contributed by atoms with E-state index in [9.17, 15) is 14.7 Å². The van der Waals surface area contributed by atoms with Gasteiger partial charge in [0.25, 0.3) is 11.7 Å². The minimum atomic E-state index is -0.812. The Kier molecular flexibility index (Phi) is 8.59. The average molecular weight is 530 g/mol. The van der Waals surface area contributed by atoms with Gasteiger partial charge in [0, 0.05) is 17.7 Å². The highest BCUT2D eigenvalue weighted by atomic mass is 16.5. The Morgan fingerprint density at radius 2 is 1.67 bits per heavy atom. The van der Waals surface area contributed by atoms with Gasteiger partial charge in [-0.15, -0.1) is 0 Å². The summed E-state index contributed by atoms with van der Waals surface area (Å²) in [5.41, 5.74) is 3.02. The van der Waals surface area contributed by atoms with Gasteiger partial charge in [0.2, 0.25) is 0 Å². The van der Waals surface area contributed by atoms with Crippen LogP contribution in [0.15, 0.2) is 72.3 Å². The van der Waals surface area contributed by atoms with Crippen LogP contribution in [-0.4, -0.2) is 49.1 Å². The summed E-state index contributed by atoms with van der Waals surface area (Å²) in [5, 5.41) is 11.6. The molecule has 0 spiro atoms. The number of para-hydroxylation sites is 1. The number of hydrogen-bond donors (Lipinski definition) is 1. The summed E-state index contributed by atoms with van der Waals surface area (Å²) in [6.45, 7) is 6.77. The second-order valence-electron chi connectivity index (χ2n) is 9.67. The number of ketones is 1. The number of aliphatic hydroxyl groups is 1. The maximum Gasteiger partial charge on any atom is 0.295 e. The second-order valence-corrected chi connectivity index (χ2v) is 9.67. The third-order valence-corrected chi connectivity index (χ3v) is 6.98. The van der Waals surface area contributed by atoms with Crippen molar-refractivity contribution in [1.82, 2.24) is 4.90 Å². The number of ether oxygens (including phenoxy) is 3. The average Bonchev–Trinajstić information content (AvgIpc) is 3.21. The number of amides is 1. The van der Waals surface area contributed by atoms with E-state index in [1.54, 1.807) is 32.4 Å². The van der Waals surface area contributed by atoms with E-state index in [0.717, 1.165) is 22.6 Å². The van der Waals surface area contributed by atoms with Crippen molar-refractivity contribution in [2.75, 3.05) is 27.4 Å². The Labute approximate surface area is 229 Å². The first-order valence-electron chi connectivity index (χ1n) is 13.1. The van der Waals surface area contributed by atoms with E-state index in [1.807, 2.05) is 69.3 Å². The van der Waals surface area contributed by atoms with Gasteiger partial charge in [-0.3, -0.25) is 9.59 Å². The lowest BCUT2D eigenvalue weighted by Crippen LogP contribution is -2.31. The predicted molar refractivity (Wildman–Crippen MR) is 150 cm³/mol. The number of Topliss-reactive ketones (excluding diaryl/α,β-unsaturated/α-hetero) is 1. The second kappa shape index (κ2) is 12.1. The van der Waals surface area contributed by atoms with Gasteiger partial charge in [-0.2, -0.15) is 0 Å². The Balaban J connectivity index is 1.81. The Morgan fingerprint density at radius 1 is 0.949 bits per heavy atom. The monoisotopic (exact) mass is 529 g/mol. The van der Waals surface area contributed by atoms with Crippen LogP contribution in [0.4, 0.5) is 0 Å². The van der Waals surface area contributed by atoms with E-state index in [4.69, 9.17) is 14.2 Å². The number of hydrogen-bond acceptors (Lipinski definition) is 6. The zero-order chi connectivity index (χ0) is 28.1. The van der Waals surface area contributed by atoms with E-state index >= 15 is 0 Å². The molecule has 0 aliphatic carbocycles. The van der Waals surface area contributed by atoms with Gasteiger partial charge in [0.05, 0.1) is 32.4 Å². The number of aliphatic hydroxyl groups excluding tert-OH is 1. The van der Waals surface area contributed by atoms with Crippen molar-refractivity contribution >= 4 is 17.4 Å². The van der Waals surface area contributed by atoms with Crippen LogP contribution in [-0.2, 0) is 16.0 Å². The predicted octanol–water partition coefficient (Wildman–Crippen LogP) is 5.89. The molecule has 39 heavy (non-hydrogen) atoms. The topological polar surface area (TPSA) is 85.3 Å². The lowest BCUT2D eigenvalue weighted by molar-refractivity contribution is -0.139. The fraction of sp³-hybridized carbons (Fsp3) is 0.312. The van der Waals surface area contributed by atoms with Crippen LogP contribution in [0.3, 0.4) is 0 Å². The Bertz CT molecular complexity index is 1380. The van der Waals surface area contributed by atoms with Crippen molar-refractivity contribution in [2.24, 2.45) is 0 Å². The minimum Gasteiger partial charge on any atom is -0.507 e. The molecule has 4 rings (SSSR count). The molecule has 204 valence electrons. The van der Waals surface area contributed by atoms with Crippen LogP contribution in [0.5, 0.6) is 17.2 Å². The molecule has 1 unspecified atom stereocenters. The number of methoxy groups -OCH3 is 2. The van der Waals surface area contributed by atoms with Crippen LogP contribution < -0.4 is 14.2 Å². The van der Waals surface area contributed by atoms with Crippen LogP contribution in [0.25, 0.3) is 5.76 Å². The summed E-state index contributed by atoms with van der Waals surface area (Å²) in [7, 11) is 3.15. The highest BCUT2D eigenvalue weighted by Crippen LogP contribution is 2.43. The molecule has 0 aromatic heterocycles. The van der Waals surface area contributed by atoms with E-state index in [2.05, 4.69) is 0 Å². The zero-order valence-corrected chi connectivity index (χ0v) is 23.1. The maximum absolute atomic E-state index is 13.5. The summed E-state index contributed by atoms with van der Waals surface area (Å²) in [4.78, 5) is 28.4. The Morgan fingerprint density at radius 3 is 2.31 bits per heavy atom. The van der Waals surface area contributed by atoms with Crippen LogP contribution in [0.2, 0.25) is 0 Å². The summed E-state index contributed by atoms with van der Waals surface area (Å²) in [5.74, 6) is 0.514. The SMILES string of the molecule is CCOc1ccc(/C(O)=C2\C(=O)C(=O)N(CCc3ccc(OC)cc3)C2c2ccccc2OC)cc1C(C)C. The van der Waals surface area contributed by atoms with Crippen molar-refractivity contribution in [1.29, 1.82) is 0 Å². The summed E-state index contributed by atoms with van der Waals surface area (Å²) >= 11 is 0. The summed E-state index contributed by atoms with van der Waals surface area (Å²) in [6, 6.07) is 19.4. The molecular weight excluding hydrogens is 494 g/mol. The fourth-order valence-electron chi connectivity index (χ4n) is 4.96. The highest BCUT2D eigenvalue weighted by molar-refractivity contribution is 6.46. The van der Waals surface area contributed by atoms with Crippen LogP contribution in [0.1, 0.15) is 55.0 Å². The normalized spacial score (nSPS) is 16.6. The minimum absolute atomic E-state index is 0.0399. The molecule has 1 atom stereocenters. The molecule has 7 heteroatoms. The number of carbonyl (C=O) groups excluding carboxylic acids is 2. The van der Waals surface area contributed by atoms with Gasteiger partial charge in [0.15, 0.2) is 0 Å². The number of likely N-dealkylation sites (tertiary alicyclic amines) is 1. The molecule has 1 heterocycles. The molecule has 0 radical (unpaired) electrons. The van der Waals surface area contributed by atoms with Gasteiger partial charge in [0.1, 0.15) is 23.0 Å². The molecule has 0 saturated carbocycles. The molecule has 1 N–H and O–H groups in total. The zero-order valence-electron chi connectivity index (χ0n) is 23.1. The van der Waals surface area contributed by atoms with Gasteiger partial charge in [-0.1, -0.05) is 44.2 Å². The van der Waals surface area contributed by atoms with Crippen LogP contribution in [0, 0.1) is 0 Å². The molecular formula is C32H35NO6. The van der Waals surface area contributed by atoms with Crippen molar-refractivity contribution in [3.05, 3.63) is 94.6 Å².